The minimum Gasteiger partial charge on any atom is -0.493 e. The molecule has 1 aliphatic rings. The predicted octanol–water partition coefficient (Wildman–Crippen LogP) is 5.92. The maximum Gasteiger partial charge on any atom is 0.341 e. The zero-order chi connectivity index (χ0) is 26.4. The van der Waals surface area contributed by atoms with Crippen LogP contribution >= 0.6 is 11.3 Å². The van der Waals surface area contributed by atoms with Crippen LogP contribution in [0.1, 0.15) is 63.4 Å². The Morgan fingerprint density at radius 1 is 1.14 bits per heavy atom. The molecule has 7 nitrogen and oxygen atoms in total. The molecule has 1 N–H and O–H groups in total. The zero-order valence-electron chi connectivity index (χ0n) is 21.3. The number of carbonyl (C=O) groups is 2. The van der Waals surface area contributed by atoms with Crippen LogP contribution in [-0.2, 0) is 23.0 Å². The molecule has 0 bridgehead atoms. The number of methoxy groups -OCH3 is 1. The van der Waals surface area contributed by atoms with Crippen molar-refractivity contribution in [2.75, 3.05) is 25.6 Å². The molecule has 0 spiro atoms. The first-order chi connectivity index (χ1) is 18.0. The van der Waals surface area contributed by atoms with Gasteiger partial charge in [-0.25, -0.2) is 4.79 Å². The van der Waals surface area contributed by atoms with Crippen LogP contribution in [0.2, 0.25) is 0 Å². The average molecular weight is 519 g/mol. The van der Waals surface area contributed by atoms with E-state index in [4.69, 9.17) is 14.2 Å². The van der Waals surface area contributed by atoms with Crippen LogP contribution in [0.3, 0.4) is 0 Å². The number of carbonyl (C=O) groups excluding carboxylic acids is 2. The van der Waals surface area contributed by atoms with Crippen LogP contribution < -0.4 is 14.8 Å². The Kier molecular flexibility index (Phi) is 8.14. The summed E-state index contributed by atoms with van der Waals surface area (Å²) in [6.07, 6.45) is 2.43. The summed E-state index contributed by atoms with van der Waals surface area (Å²) >= 11 is 1.34. The summed E-state index contributed by atoms with van der Waals surface area (Å²) in [6, 6.07) is 17.3. The van der Waals surface area contributed by atoms with Crippen molar-refractivity contribution in [3.8, 4) is 17.6 Å². The molecule has 2 aromatic carbocycles. The van der Waals surface area contributed by atoms with E-state index in [2.05, 4.69) is 11.4 Å². The van der Waals surface area contributed by atoms with Gasteiger partial charge in [0.1, 0.15) is 5.00 Å². The van der Waals surface area contributed by atoms with Crippen molar-refractivity contribution in [2.45, 2.75) is 44.9 Å². The number of benzene rings is 2. The van der Waals surface area contributed by atoms with Crippen LogP contribution in [0.4, 0.5) is 5.00 Å². The van der Waals surface area contributed by atoms with Gasteiger partial charge in [-0.3, -0.25) is 4.79 Å². The molecule has 1 unspecified atom stereocenters. The summed E-state index contributed by atoms with van der Waals surface area (Å²) in [5.74, 6) is 0.173. The fourth-order valence-corrected chi connectivity index (χ4v) is 5.95. The first-order valence-corrected chi connectivity index (χ1v) is 13.2. The van der Waals surface area contributed by atoms with Crippen LogP contribution in [0, 0.1) is 11.3 Å². The van der Waals surface area contributed by atoms with Crippen LogP contribution in [-0.4, -0.2) is 32.2 Å². The van der Waals surface area contributed by atoms with E-state index in [1.165, 1.54) is 18.4 Å². The quantitative estimate of drug-likeness (QED) is 0.353. The van der Waals surface area contributed by atoms with Gasteiger partial charge in [0.15, 0.2) is 11.5 Å². The molecule has 0 aliphatic heterocycles. The second kappa shape index (κ2) is 11.5. The number of thiophene rings is 1. The van der Waals surface area contributed by atoms with Crippen molar-refractivity contribution >= 4 is 28.2 Å². The zero-order valence-corrected chi connectivity index (χ0v) is 22.1. The number of nitriles is 1. The molecular formula is C29H30N2O5S. The third-order valence-corrected chi connectivity index (χ3v) is 7.64. The van der Waals surface area contributed by atoms with Crippen molar-refractivity contribution < 1.29 is 23.8 Å². The monoisotopic (exact) mass is 518 g/mol. The molecule has 4 rings (SSSR count). The number of ether oxygens (including phenoxy) is 3. The predicted molar refractivity (Wildman–Crippen MR) is 143 cm³/mol. The lowest BCUT2D eigenvalue weighted by Gasteiger charge is -2.31. The topological polar surface area (TPSA) is 97.6 Å². The Labute approximate surface area is 221 Å². The van der Waals surface area contributed by atoms with E-state index in [1.807, 2.05) is 37.3 Å². The molecule has 0 radical (unpaired) electrons. The first kappa shape index (κ1) is 26.2. The number of anilines is 1. The van der Waals surface area contributed by atoms with Crippen molar-refractivity contribution in [1.82, 2.24) is 0 Å². The van der Waals surface area contributed by atoms with Crippen molar-refractivity contribution in [3.05, 3.63) is 75.7 Å². The Balaban J connectivity index is 1.67. The fourth-order valence-electron chi connectivity index (χ4n) is 4.61. The lowest BCUT2D eigenvalue weighted by Crippen LogP contribution is -2.31. The number of esters is 1. The SMILES string of the molecule is CCCOc1ccc(C(=O)Nc2sc3c(c2C(=O)OCC)CCC(C#N)(c2ccccc2)C3)cc1OC. The average Bonchev–Trinajstić information content (AvgIpc) is 3.28. The summed E-state index contributed by atoms with van der Waals surface area (Å²) in [4.78, 5) is 27.2. The van der Waals surface area contributed by atoms with E-state index in [9.17, 15) is 14.9 Å². The molecule has 37 heavy (non-hydrogen) atoms. The number of nitrogens with one attached hydrogen (secondary N) is 1. The first-order valence-electron chi connectivity index (χ1n) is 12.4. The van der Waals surface area contributed by atoms with Crippen molar-refractivity contribution in [1.29, 1.82) is 5.26 Å². The van der Waals surface area contributed by atoms with Gasteiger partial charge in [-0.1, -0.05) is 37.3 Å². The summed E-state index contributed by atoms with van der Waals surface area (Å²) < 4.78 is 16.4. The minimum atomic E-state index is -0.686. The lowest BCUT2D eigenvalue weighted by atomic mass is 9.70. The molecule has 1 amide bonds. The largest absolute Gasteiger partial charge is 0.493 e. The second-order valence-corrected chi connectivity index (χ2v) is 9.94. The van der Waals surface area contributed by atoms with Gasteiger partial charge in [-0.05, 0) is 55.5 Å². The van der Waals surface area contributed by atoms with Crippen LogP contribution in [0.25, 0.3) is 0 Å². The van der Waals surface area contributed by atoms with E-state index < -0.39 is 11.4 Å². The summed E-state index contributed by atoms with van der Waals surface area (Å²) in [6.45, 7) is 4.52. The molecule has 1 aliphatic carbocycles. The number of fused-ring (bicyclic) bond motifs is 1. The maximum absolute atomic E-state index is 13.3. The summed E-state index contributed by atoms with van der Waals surface area (Å²) in [5, 5.41) is 13.5. The fraction of sp³-hybridized carbons (Fsp3) is 0.345. The summed E-state index contributed by atoms with van der Waals surface area (Å²) in [7, 11) is 1.52. The molecule has 192 valence electrons. The molecule has 8 heteroatoms. The Morgan fingerprint density at radius 3 is 2.59 bits per heavy atom. The van der Waals surface area contributed by atoms with E-state index >= 15 is 0 Å². The summed E-state index contributed by atoms with van der Waals surface area (Å²) in [5.41, 5.74) is 1.87. The number of hydrogen-bond acceptors (Lipinski definition) is 7. The highest BCUT2D eigenvalue weighted by Crippen LogP contribution is 2.45. The van der Waals surface area contributed by atoms with Gasteiger partial charge >= 0.3 is 5.97 Å². The molecular weight excluding hydrogens is 488 g/mol. The van der Waals surface area contributed by atoms with Crippen LogP contribution in [0.15, 0.2) is 48.5 Å². The maximum atomic E-state index is 13.3. The highest BCUT2D eigenvalue weighted by Gasteiger charge is 2.40. The number of amides is 1. The molecule has 1 atom stereocenters. The van der Waals surface area contributed by atoms with Gasteiger partial charge in [0.25, 0.3) is 5.91 Å². The number of hydrogen-bond donors (Lipinski definition) is 1. The van der Waals surface area contributed by atoms with Crippen LogP contribution in [0.5, 0.6) is 11.5 Å². The van der Waals surface area contributed by atoms with Gasteiger partial charge in [-0.15, -0.1) is 11.3 Å². The highest BCUT2D eigenvalue weighted by atomic mass is 32.1. The van der Waals surface area contributed by atoms with Gasteiger partial charge in [0.2, 0.25) is 0 Å². The standard InChI is InChI=1S/C29H30N2O5S/c1-4-15-36-22-12-11-19(16-23(22)34-3)26(32)31-27-25(28(33)35-5-2)21-13-14-29(18-30,17-24(21)37-27)20-9-7-6-8-10-20/h6-12,16H,4-5,13-15,17H2,1-3H3,(H,31,32). The minimum absolute atomic E-state index is 0.222. The number of rotatable bonds is 9. The molecule has 1 aromatic heterocycles. The van der Waals surface area contributed by atoms with Crippen molar-refractivity contribution in [3.63, 3.8) is 0 Å². The van der Waals surface area contributed by atoms with E-state index in [1.54, 1.807) is 25.1 Å². The molecule has 1 heterocycles. The Bertz CT molecular complexity index is 1330. The van der Waals surface area contributed by atoms with Gasteiger partial charge in [-0.2, -0.15) is 5.26 Å². The molecule has 0 saturated heterocycles. The van der Waals surface area contributed by atoms with E-state index in [0.717, 1.165) is 22.4 Å². The smallest absolute Gasteiger partial charge is 0.341 e. The van der Waals surface area contributed by atoms with Gasteiger partial charge in [0, 0.05) is 16.9 Å². The molecule has 3 aromatic rings. The second-order valence-electron chi connectivity index (χ2n) is 8.83. The highest BCUT2D eigenvalue weighted by molar-refractivity contribution is 7.17. The molecule has 0 fully saturated rings. The third kappa shape index (κ3) is 5.32. The Hall–Kier alpha value is -3.83. The third-order valence-electron chi connectivity index (χ3n) is 6.49. The number of nitrogens with zero attached hydrogens (tertiary/aromatic N) is 1. The normalized spacial score (nSPS) is 16.3. The van der Waals surface area contributed by atoms with Crippen molar-refractivity contribution in [2.24, 2.45) is 0 Å². The van der Waals surface area contributed by atoms with E-state index in [0.29, 0.717) is 53.5 Å². The van der Waals surface area contributed by atoms with E-state index in [-0.39, 0.29) is 12.5 Å². The molecule has 0 saturated carbocycles. The lowest BCUT2D eigenvalue weighted by molar-refractivity contribution is 0.0526. The van der Waals surface area contributed by atoms with Gasteiger partial charge in [0.05, 0.1) is 37.4 Å². The Morgan fingerprint density at radius 2 is 1.92 bits per heavy atom. The van der Waals surface area contributed by atoms with Gasteiger partial charge < -0.3 is 19.5 Å².